The fourth-order valence-corrected chi connectivity index (χ4v) is 3.40. The molecule has 0 radical (unpaired) electrons. The minimum absolute atomic E-state index is 0.0394. The van der Waals surface area contributed by atoms with Crippen LogP contribution in [-0.4, -0.2) is 32.0 Å². The molecule has 0 aliphatic heterocycles. The van der Waals surface area contributed by atoms with Gasteiger partial charge in [0.15, 0.2) is 0 Å². The third-order valence-electron chi connectivity index (χ3n) is 5.13. The fourth-order valence-electron chi connectivity index (χ4n) is 3.40. The molecule has 142 valence electrons. The van der Waals surface area contributed by atoms with Gasteiger partial charge in [0.05, 0.1) is 19.3 Å². The molecule has 0 atom stereocenters. The highest BCUT2D eigenvalue weighted by Crippen LogP contribution is 2.31. The van der Waals surface area contributed by atoms with Crippen molar-refractivity contribution in [3.05, 3.63) is 18.2 Å². The minimum atomic E-state index is -0.0830. The molecule has 1 aromatic carbocycles. The van der Waals surface area contributed by atoms with Gasteiger partial charge in [0.1, 0.15) is 5.75 Å². The molecule has 2 saturated carbocycles. The Morgan fingerprint density at radius 1 is 1.08 bits per heavy atom. The lowest BCUT2D eigenvalue weighted by atomic mass is 9.88. The Morgan fingerprint density at radius 3 is 2.54 bits per heavy atom. The van der Waals surface area contributed by atoms with E-state index in [2.05, 4.69) is 16.0 Å². The number of amides is 2. The molecule has 0 saturated heterocycles. The molecule has 0 spiro atoms. The monoisotopic (exact) mass is 359 g/mol. The highest BCUT2D eigenvalue weighted by molar-refractivity contribution is 5.96. The third kappa shape index (κ3) is 5.46. The van der Waals surface area contributed by atoms with Gasteiger partial charge in [0, 0.05) is 11.6 Å². The van der Waals surface area contributed by atoms with Gasteiger partial charge in [-0.15, -0.1) is 0 Å². The van der Waals surface area contributed by atoms with Crippen LogP contribution >= 0.6 is 0 Å². The normalized spacial score (nSPS) is 17.6. The van der Waals surface area contributed by atoms with Crippen LogP contribution in [0, 0.1) is 11.8 Å². The van der Waals surface area contributed by atoms with Crippen molar-refractivity contribution < 1.29 is 14.3 Å². The molecule has 0 bridgehead atoms. The van der Waals surface area contributed by atoms with Crippen molar-refractivity contribution in [2.75, 3.05) is 30.8 Å². The van der Waals surface area contributed by atoms with E-state index >= 15 is 0 Å². The standard InChI is InChI=1S/C20H29N3O3/c1-26-18-10-9-16(22-19(24)13-21-12-14-7-8-14)11-17(18)23-20(25)15-5-3-2-4-6-15/h9-11,14-15,21H,2-8,12-13H2,1H3,(H,22,24)(H,23,25). The lowest BCUT2D eigenvalue weighted by Gasteiger charge is -2.21. The van der Waals surface area contributed by atoms with E-state index in [1.54, 1.807) is 25.3 Å². The summed E-state index contributed by atoms with van der Waals surface area (Å²) >= 11 is 0. The van der Waals surface area contributed by atoms with Gasteiger partial charge in [-0.2, -0.15) is 0 Å². The van der Waals surface area contributed by atoms with Crippen molar-refractivity contribution in [2.24, 2.45) is 11.8 Å². The van der Waals surface area contributed by atoms with E-state index in [0.29, 0.717) is 23.7 Å². The molecule has 2 aliphatic carbocycles. The SMILES string of the molecule is COc1ccc(NC(=O)CNCC2CC2)cc1NC(=O)C1CCCCC1. The number of hydrogen-bond donors (Lipinski definition) is 3. The van der Waals surface area contributed by atoms with Crippen LogP contribution in [-0.2, 0) is 9.59 Å². The Morgan fingerprint density at radius 2 is 1.85 bits per heavy atom. The van der Waals surface area contributed by atoms with Crippen LogP contribution < -0.4 is 20.7 Å². The van der Waals surface area contributed by atoms with Crippen LogP contribution in [0.25, 0.3) is 0 Å². The van der Waals surface area contributed by atoms with Crippen molar-refractivity contribution in [3.63, 3.8) is 0 Å². The Kier molecular flexibility index (Phi) is 6.50. The summed E-state index contributed by atoms with van der Waals surface area (Å²) in [5.41, 5.74) is 1.26. The van der Waals surface area contributed by atoms with Gasteiger partial charge in [-0.3, -0.25) is 9.59 Å². The lowest BCUT2D eigenvalue weighted by molar-refractivity contribution is -0.120. The number of carbonyl (C=O) groups is 2. The van der Waals surface area contributed by atoms with Gasteiger partial charge in [0.2, 0.25) is 11.8 Å². The number of carbonyl (C=O) groups excluding carboxylic acids is 2. The summed E-state index contributed by atoms with van der Waals surface area (Å²) in [4.78, 5) is 24.6. The average molecular weight is 359 g/mol. The third-order valence-corrected chi connectivity index (χ3v) is 5.13. The van der Waals surface area contributed by atoms with Crippen LogP contribution in [0.5, 0.6) is 5.75 Å². The summed E-state index contributed by atoms with van der Waals surface area (Å²) in [6.07, 6.45) is 7.84. The molecular weight excluding hydrogens is 330 g/mol. The second kappa shape index (κ2) is 9.03. The zero-order chi connectivity index (χ0) is 18.4. The first-order chi connectivity index (χ1) is 12.7. The molecular formula is C20H29N3O3. The molecule has 6 nitrogen and oxygen atoms in total. The molecule has 2 aliphatic rings. The molecule has 3 N–H and O–H groups in total. The van der Waals surface area contributed by atoms with Crippen LogP contribution in [0.4, 0.5) is 11.4 Å². The second-order valence-electron chi connectivity index (χ2n) is 7.36. The summed E-state index contributed by atoms with van der Waals surface area (Å²) in [5.74, 6) is 1.36. The topological polar surface area (TPSA) is 79.5 Å². The van der Waals surface area contributed by atoms with Gasteiger partial charge in [0.25, 0.3) is 0 Å². The molecule has 0 unspecified atom stereocenters. The molecule has 26 heavy (non-hydrogen) atoms. The summed E-state index contributed by atoms with van der Waals surface area (Å²) in [6, 6.07) is 5.32. The van der Waals surface area contributed by atoms with E-state index in [9.17, 15) is 9.59 Å². The molecule has 2 fully saturated rings. The summed E-state index contributed by atoms with van der Waals surface area (Å²) in [5, 5.41) is 9.03. The zero-order valence-corrected chi connectivity index (χ0v) is 15.5. The predicted molar refractivity (Wildman–Crippen MR) is 102 cm³/mol. The summed E-state index contributed by atoms with van der Waals surface area (Å²) < 4.78 is 5.35. The number of nitrogens with one attached hydrogen (secondary N) is 3. The first kappa shape index (κ1) is 18.7. The van der Waals surface area contributed by atoms with Crippen LogP contribution in [0.1, 0.15) is 44.9 Å². The smallest absolute Gasteiger partial charge is 0.238 e. The predicted octanol–water partition coefficient (Wildman–Crippen LogP) is 3.15. The fraction of sp³-hybridized carbons (Fsp3) is 0.600. The van der Waals surface area contributed by atoms with E-state index in [-0.39, 0.29) is 17.7 Å². The largest absolute Gasteiger partial charge is 0.495 e. The van der Waals surface area contributed by atoms with E-state index < -0.39 is 0 Å². The van der Waals surface area contributed by atoms with Gasteiger partial charge < -0.3 is 20.7 Å². The highest BCUT2D eigenvalue weighted by atomic mass is 16.5. The Labute approximate surface area is 155 Å². The molecule has 1 aromatic rings. The van der Waals surface area contributed by atoms with E-state index in [0.717, 1.165) is 38.1 Å². The van der Waals surface area contributed by atoms with Gasteiger partial charge in [-0.1, -0.05) is 19.3 Å². The van der Waals surface area contributed by atoms with Crippen LogP contribution in [0.15, 0.2) is 18.2 Å². The molecule has 3 rings (SSSR count). The Bertz CT molecular complexity index is 637. The minimum Gasteiger partial charge on any atom is -0.495 e. The Hall–Kier alpha value is -2.08. The van der Waals surface area contributed by atoms with Gasteiger partial charge >= 0.3 is 0 Å². The molecule has 0 heterocycles. The van der Waals surface area contributed by atoms with E-state index in [1.807, 2.05) is 0 Å². The molecule has 0 aromatic heterocycles. The molecule has 6 heteroatoms. The van der Waals surface area contributed by atoms with Crippen molar-refractivity contribution in [2.45, 2.75) is 44.9 Å². The lowest BCUT2D eigenvalue weighted by Crippen LogP contribution is -2.29. The number of anilines is 2. The maximum Gasteiger partial charge on any atom is 0.238 e. The van der Waals surface area contributed by atoms with Crippen molar-refractivity contribution in [1.82, 2.24) is 5.32 Å². The maximum atomic E-state index is 12.5. The van der Waals surface area contributed by atoms with Crippen LogP contribution in [0.2, 0.25) is 0 Å². The van der Waals surface area contributed by atoms with Crippen molar-refractivity contribution >= 4 is 23.2 Å². The van der Waals surface area contributed by atoms with Crippen molar-refractivity contribution in [1.29, 1.82) is 0 Å². The number of ether oxygens (including phenoxy) is 1. The van der Waals surface area contributed by atoms with E-state index in [4.69, 9.17) is 4.74 Å². The second-order valence-corrected chi connectivity index (χ2v) is 7.36. The summed E-state index contributed by atoms with van der Waals surface area (Å²) in [6.45, 7) is 1.20. The molecule has 2 amide bonds. The van der Waals surface area contributed by atoms with Crippen molar-refractivity contribution in [3.8, 4) is 5.75 Å². The Balaban J connectivity index is 1.57. The van der Waals surface area contributed by atoms with Gasteiger partial charge in [-0.05, 0) is 56.3 Å². The number of methoxy groups -OCH3 is 1. The summed E-state index contributed by atoms with van der Waals surface area (Å²) in [7, 11) is 1.58. The highest BCUT2D eigenvalue weighted by Gasteiger charge is 2.22. The van der Waals surface area contributed by atoms with Gasteiger partial charge in [-0.25, -0.2) is 0 Å². The number of hydrogen-bond acceptors (Lipinski definition) is 4. The first-order valence-corrected chi connectivity index (χ1v) is 9.65. The maximum absolute atomic E-state index is 12.5. The average Bonchev–Trinajstić information content (AvgIpc) is 3.47. The quantitative estimate of drug-likeness (QED) is 0.666. The zero-order valence-electron chi connectivity index (χ0n) is 15.5. The van der Waals surface area contributed by atoms with Crippen LogP contribution in [0.3, 0.4) is 0 Å². The number of rotatable bonds is 8. The first-order valence-electron chi connectivity index (χ1n) is 9.65. The number of benzene rings is 1. The van der Waals surface area contributed by atoms with E-state index in [1.165, 1.54) is 19.3 Å².